The van der Waals surface area contributed by atoms with Crippen molar-refractivity contribution in [3.8, 4) is 0 Å². The summed E-state index contributed by atoms with van der Waals surface area (Å²) in [5, 5.41) is 15.5. The molecule has 4 N–H and O–H groups in total. The zero-order valence-corrected chi connectivity index (χ0v) is 28.6. The first-order valence-corrected chi connectivity index (χ1v) is 17.3. The van der Waals surface area contributed by atoms with E-state index in [4.69, 9.17) is 14.6 Å². The summed E-state index contributed by atoms with van der Waals surface area (Å²) in [6.07, 6.45) is 5.78. The molecular weight excluding hydrogens is 666 g/mol. The molecule has 0 saturated carbocycles. The van der Waals surface area contributed by atoms with E-state index in [0.717, 1.165) is 40.6 Å². The Bertz CT molecular complexity index is 1970. The number of para-hydroxylation sites is 1. The third-order valence-corrected chi connectivity index (χ3v) is 9.13. The number of aliphatic carboxylic acids is 1. The Labute approximate surface area is 300 Å². The summed E-state index contributed by atoms with van der Waals surface area (Å²) in [5.74, 6) is -3.16. The van der Waals surface area contributed by atoms with Crippen LogP contribution in [0.2, 0.25) is 0 Å². The topological polar surface area (TPSA) is 170 Å². The number of piperidine rings is 1. The van der Waals surface area contributed by atoms with Gasteiger partial charge in [-0.25, -0.2) is 4.79 Å². The molecule has 1 atom stereocenters. The van der Waals surface area contributed by atoms with Crippen molar-refractivity contribution < 1.29 is 38.6 Å². The third-order valence-electron chi connectivity index (χ3n) is 9.13. The number of rotatable bonds is 18. The molecule has 52 heavy (non-hydrogen) atoms. The molecule has 270 valence electrons. The maximum atomic E-state index is 13.3. The number of anilines is 1. The maximum absolute atomic E-state index is 13.3. The van der Waals surface area contributed by atoms with Crippen molar-refractivity contribution >= 4 is 52.3 Å². The average molecular weight is 708 g/mol. The number of nitrogens with one attached hydrogen (secondary N) is 3. The molecule has 0 bridgehead atoms. The van der Waals surface area contributed by atoms with E-state index in [1.807, 2.05) is 36.4 Å². The Balaban J connectivity index is 0.946. The van der Waals surface area contributed by atoms with Crippen LogP contribution in [0.25, 0.3) is 17.0 Å². The zero-order valence-electron chi connectivity index (χ0n) is 28.6. The van der Waals surface area contributed by atoms with Gasteiger partial charge < -0.3 is 24.9 Å². The first-order valence-electron chi connectivity index (χ1n) is 17.3. The zero-order chi connectivity index (χ0) is 36.5. The molecule has 13 heteroatoms. The maximum Gasteiger partial charge on any atom is 0.328 e. The molecule has 4 amide bonds. The normalized spacial score (nSPS) is 15.9. The van der Waals surface area contributed by atoms with E-state index in [1.54, 1.807) is 24.3 Å². The van der Waals surface area contributed by atoms with Gasteiger partial charge in [0.15, 0.2) is 0 Å². The number of nitrogens with zero attached hydrogens (tertiary/aromatic N) is 2. The second-order valence-corrected chi connectivity index (χ2v) is 12.6. The number of hydrogen-bond donors (Lipinski definition) is 4. The number of aromatic nitrogens is 1. The number of hydrogen-bond acceptors (Lipinski definition) is 9. The summed E-state index contributed by atoms with van der Waals surface area (Å²) in [6.45, 7) is 4.21. The molecule has 2 aliphatic heterocycles. The van der Waals surface area contributed by atoms with Crippen LogP contribution in [0.5, 0.6) is 0 Å². The number of amides is 4. The van der Waals surface area contributed by atoms with Gasteiger partial charge in [0.1, 0.15) is 6.04 Å². The number of imide groups is 2. The molecule has 0 spiro atoms. The molecule has 1 fully saturated rings. The number of carboxylic acids is 1. The highest BCUT2D eigenvalue weighted by Gasteiger charge is 2.45. The number of benzene rings is 3. The minimum atomic E-state index is -1.02. The Morgan fingerprint density at radius 3 is 2.50 bits per heavy atom. The van der Waals surface area contributed by atoms with E-state index in [0.29, 0.717) is 51.7 Å². The highest BCUT2D eigenvalue weighted by molar-refractivity contribution is 6.25. The van der Waals surface area contributed by atoms with Crippen LogP contribution >= 0.6 is 0 Å². The Kier molecular flexibility index (Phi) is 11.9. The van der Waals surface area contributed by atoms with Crippen molar-refractivity contribution in [1.82, 2.24) is 20.1 Å². The van der Waals surface area contributed by atoms with Crippen LogP contribution in [0, 0.1) is 0 Å². The average Bonchev–Trinajstić information content (AvgIpc) is 3.67. The molecule has 2 aliphatic rings. The predicted molar refractivity (Wildman–Crippen MR) is 194 cm³/mol. The second kappa shape index (κ2) is 17.1. The molecular formula is C39H41N5O8. The molecule has 0 aliphatic carbocycles. The van der Waals surface area contributed by atoms with Crippen LogP contribution in [0.1, 0.15) is 50.2 Å². The van der Waals surface area contributed by atoms with Crippen molar-refractivity contribution in [2.45, 2.75) is 31.8 Å². The minimum absolute atomic E-state index is 0.0609. The van der Waals surface area contributed by atoms with E-state index >= 15 is 0 Å². The predicted octanol–water partition coefficient (Wildman–Crippen LogP) is 3.86. The van der Waals surface area contributed by atoms with Crippen molar-refractivity contribution in [1.29, 1.82) is 0 Å². The minimum Gasteiger partial charge on any atom is -0.478 e. The van der Waals surface area contributed by atoms with Gasteiger partial charge in [-0.1, -0.05) is 48.5 Å². The molecule has 13 nitrogen and oxygen atoms in total. The van der Waals surface area contributed by atoms with Crippen molar-refractivity contribution in [2.24, 2.45) is 0 Å². The lowest BCUT2D eigenvalue weighted by Gasteiger charge is -2.27. The van der Waals surface area contributed by atoms with Crippen LogP contribution in [0.4, 0.5) is 5.69 Å². The summed E-state index contributed by atoms with van der Waals surface area (Å²) in [6, 6.07) is 20.0. The highest BCUT2D eigenvalue weighted by Crippen LogP contribution is 2.32. The fraction of sp³-hybridized carbons (Fsp3) is 0.308. The number of aromatic amines is 1. The lowest BCUT2D eigenvalue weighted by Crippen LogP contribution is -2.54. The number of ether oxygens (including phenoxy) is 2. The monoisotopic (exact) mass is 707 g/mol. The van der Waals surface area contributed by atoms with Gasteiger partial charge in [0, 0.05) is 61.5 Å². The van der Waals surface area contributed by atoms with Gasteiger partial charge in [-0.3, -0.25) is 34.3 Å². The Morgan fingerprint density at radius 2 is 1.71 bits per heavy atom. The number of carbonyl (C=O) groups is 5. The fourth-order valence-corrected chi connectivity index (χ4v) is 6.48. The van der Waals surface area contributed by atoms with Gasteiger partial charge in [0.25, 0.3) is 11.8 Å². The van der Waals surface area contributed by atoms with Crippen molar-refractivity contribution in [3.63, 3.8) is 0 Å². The van der Waals surface area contributed by atoms with Gasteiger partial charge in [-0.15, -0.1) is 0 Å². The quantitative estimate of drug-likeness (QED) is 0.0677. The van der Waals surface area contributed by atoms with E-state index in [-0.39, 0.29) is 24.0 Å². The second-order valence-electron chi connectivity index (χ2n) is 12.6. The van der Waals surface area contributed by atoms with Crippen LogP contribution < -0.4 is 10.6 Å². The molecule has 0 radical (unpaired) electrons. The SMILES string of the molecule is O=C(O)/C=C/c1ccc(CN(CCOCCOCCNc2cccc3c2C(=O)N(C2CCC(=O)NC2=O)C3=O)CCc2c[nH]c3ccccc23)cc1. The lowest BCUT2D eigenvalue weighted by atomic mass is 10.0. The Morgan fingerprint density at radius 1 is 0.923 bits per heavy atom. The standard InChI is InChI=1S/C39H41N5O8/c45-34-14-13-33(37(48)42-34)44-38(49)30-5-3-7-32(36(30)39(44)50)40-17-20-51-22-23-52-21-19-43(18-16-28-24-41-31-6-2-1-4-29(28)31)25-27-10-8-26(9-11-27)12-15-35(46)47/h1-12,15,24,33,40-41H,13-14,16-23,25H2,(H,46,47)(H,42,45,48)/b15-12+. The summed E-state index contributed by atoms with van der Waals surface area (Å²) >= 11 is 0. The number of fused-ring (bicyclic) bond motifs is 2. The van der Waals surface area contributed by atoms with Gasteiger partial charge in [-0.2, -0.15) is 0 Å². The van der Waals surface area contributed by atoms with Gasteiger partial charge in [0.05, 0.1) is 37.6 Å². The molecule has 6 rings (SSSR count). The van der Waals surface area contributed by atoms with Gasteiger partial charge in [-0.05, 0) is 53.8 Å². The molecule has 3 heterocycles. The molecule has 1 aromatic heterocycles. The highest BCUT2D eigenvalue weighted by atomic mass is 16.5. The van der Waals surface area contributed by atoms with Crippen LogP contribution in [-0.2, 0) is 36.8 Å². The van der Waals surface area contributed by atoms with Gasteiger partial charge in [0.2, 0.25) is 11.8 Å². The van der Waals surface area contributed by atoms with Crippen LogP contribution in [-0.4, -0.2) is 102 Å². The molecule has 3 aromatic carbocycles. The first-order chi connectivity index (χ1) is 25.3. The van der Waals surface area contributed by atoms with Gasteiger partial charge >= 0.3 is 5.97 Å². The van der Waals surface area contributed by atoms with E-state index in [9.17, 15) is 24.0 Å². The Hall–Kier alpha value is -5.63. The molecule has 1 unspecified atom stereocenters. The fourth-order valence-electron chi connectivity index (χ4n) is 6.48. The van der Waals surface area contributed by atoms with Crippen molar-refractivity contribution in [3.05, 3.63) is 107 Å². The van der Waals surface area contributed by atoms with E-state index in [1.165, 1.54) is 10.9 Å². The summed E-state index contributed by atoms with van der Waals surface area (Å²) < 4.78 is 11.7. The number of carboxylic acid groups (broad SMARTS) is 1. The number of H-pyrrole nitrogens is 1. The largest absolute Gasteiger partial charge is 0.478 e. The molecule has 1 saturated heterocycles. The van der Waals surface area contributed by atoms with Crippen LogP contribution in [0.3, 0.4) is 0 Å². The molecule has 4 aromatic rings. The summed E-state index contributed by atoms with van der Waals surface area (Å²) in [7, 11) is 0. The summed E-state index contributed by atoms with van der Waals surface area (Å²) in [4.78, 5) is 67.8. The lowest BCUT2D eigenvalue weighted by molar-refractivity contribution is -0.136. The third kappa shape index (κ3) is 8.80. The van der Waals surface area contributed by atoms with Crippen molar-refractivity contribution in [2.75, 3.05) is 51.4 Å². The van der Waals surface area contributed by atoms with Crippen LogP contribution in [0.15, 0.2) is 79.0 Å². The first kappa shape index (κ1) is 36.2. The number of carbonyl (C=O) groups excluding carboxylic acids is 4. The smallest absolute Gasteiger partial charge is 0.328 e. The summed E-state index contributed by atoms with van der Waals surface area (Å²) in [5.41, 5.74) is 5.20. The van der Waals surface area contributed by atoms with E-state index in [2.05, 4.69) is 38.8 Å². The van der Waals surface area contributed by atoms with E-state index < -0.39 is 35.6 Å².